The molecule has 2 aromatic rings. The van der Waals surface area contributed by atoms with Crippen LogP contribution in [0.15, 0.2) is 30.5 Å². The average molecular weight is 257 g/mol. The van der Waals surface area contributed by atoms with Crippen LogP contribution < -0.4 is 5.32 Å². The van der Waals surface area contributed by atoms with Crippen LogP contribution in [0.5, 0.6) is 0 Å². The standard InChI is InChI=1S/C15H19N3O/c1-2-3-4-7-10-16-15(19)14-11-17-12-8-5-6-9-13(12)18-14/h5-6,8-9,11H,2-4,7,10H2,1H3,(H,16,19). The third kappa shape index (κ3) is 3.74. The molecule has 0 fully saturated rings. The Morgan fingerprint density at radius 2 is 1.95 bits per heavy atom. The summed E-state index contributed by atoms with van der Waals surface area (Å²) in [5, 5.41) is 2.88. The lowest BCUT2D eigenvalue weighted by Gasteiger charge is -2.05. The van der Waals surface area contributed by atoms with Crippen molar-refractivity contribution in [3.8, 4) is 0 Å². The predicted octanol–water partition coefficient (Wildman–Crippen LogP) is 2.94. The van der Waals surface area contributed by atoms with Crippen LogP contribution in [0.4, 0.5) is 0 Å². The van der Waals surface area contributed by atoms with Gasteiger partial charge in [-0.05, 0) is 18.6 Å². The largest absolute Gasteiger partial charge is 0.351 e. The van der Waals surface area contributed by atoms with E-state index in [9.17, 15) is 4.79 Å². The Kier molecular flexibility index (Phi) is 4.84. The van der Waals surface area contributed by atoms with E-state index in [2.05, 4.69) is 22.2 Å². The van der Waals surface area contributed by atoms with Crippen molar-refractivity contribution in [2.75, 3.05) is 6.54 Å². The van der Waals surface area contributed by atoms with Crippen LogP contribution >= 0.6 is 0 Å². The zero-order chi connectivity index (χ0) is 13.5. The Labute approximate surface area is 113 Å². The number of fused-ring (bicyclic) bond motifs is 1. The fourth-order valence-electron chi connectivity index (χ4n) is 1.91. The second-order valence-corrected chi connectivity index (χ2v) is 4.56. The van der Waals surface area contributed by atoms with E-state index in [4.69, 9.17) is 0 Å². The summed E-state index contributed by atoms with van der Waals surface area (Å²) in [7, 11) is 0. The predicted molar refractivity (Wildman–Crippen MR) is 76.0 cm³/mol. The molecule has 19 heavy (non-hydrogen) atoms. The number of amides is 1. The minimum Gasteiger partial charge on any atom is -0.351 e. The summed E-state index contributed by atoms with van der Waals surface area (Å²) in [6.45, 7) is 2.87. The van der Waals surface area contributed by atoms with Crippen molar-refractivity contribution in [1.82, 2.24) is 15.3 Å². The molecule has 0 spiro atoms. The number of benzene rings is 1. The van der Waals surface area contributed by atoms with Crippen LogP contribution in [0.2, 0.25) is 0 Å². The van der Waals surface area contributed by atoms with Crippen molar-refractivity contribution >= 4 is 16.9 Å². The fraction of sp³-hybridized carbons (Fsp3) is 0.400. The van der Waals surface area contributed by atoms with Gasteiger partial charge in [0.1, 0.15) is 5.69 Å². The second-order valence-electron chi connectivity index (χ2n) is 4.56. The molecule has 0 saturated carbocycles. The van der Waals surface area contributed by atoms with Gasteiger partial charge in [0.05, 0.1) is 17.2 Å². The molecule has 0 atom stereocenters. The molecule has 0 aliphatic rings. The average Bonchev–Trinajstić information content (AvgIpc) is 2.46. The van der Waals surface area contributed by atoms with Gasteiger partial charge in [0, 0.05) is 6.54 Å². The van der Waals surface area contributed by atoms with Crippen molar-refractivity contribution in [2.45, 2.75) is 32.6 Å². The van der Waals surface area contributed by atoms with Gasteiger partial charge >= 0.3 is 0 Å². The highest BCUT2D eigenvalue weighted by molar-refractivity contribution is 5.93. The summed E-state index contributed by atoms with van der Waals surface area (Å²) in [5.74, 6) is -0.144. The number of nitrogens with zero attached hydrogens (tertiary/aromatic N) is 2. The van der Waals surface area contributed by atoms with Crippen molar-refractivity contribution in [3.63, 3.8) is 0 Å². The van der Waals surface area contributed by atoms with E-state index in [-0.39, 0.29) is 5.91 Å². The second kappa shape index (κ2) is 6.83. The van der Waals surface area contributed by atoms with Gasteiger partial charge in [0.2, 0.25) is 0 Å². The number of rotatable bonds is 6. The molecule has 0 unspecified atom stereocenters. The van der Waals surface area contributed by atoms with Gasteiger partial charge < -0.3 is 5.32 Å². The fourth-order valence-corrected chi connectivity index (χ4v) is 1.91. The number of aromatic nitrogens is 2. The van der Waals surface area contributed by atoms with Gasteiger partial charge in [0.25, 0.3) is 5.91 Å². The maximum atomic E-state index is 11.9. The quantitative estimate of drug-likeness (QED) is 0.809. The summed E-state index contributed by atoms with van der Waals surface area (Å²) in [5.41, 5.74) is 1.94. The molecule has 1 amide bonds. The molecule has 1 N–H and O–H groups in total. The van der Waals surface area contributed by atoms with E-state index >= 15 is 0 Å². The summed E-state index contributed by atoms with van der Waals surface area (Å²) < 4.78 is 0. The van der Waals surface area contributed by atoms with E-state index in [1.807, 2.05) is 24.3 Å². The first-order chi connectivity index (χ1) is 9.31. The first-order valence-corrected chi connectivity index (χ1v) is 6.81. The number of carbonyl (C=O) groups excluding carboxylic acids is 1. The molecule has 0 radical (unpaired) electrons. The maximum absolute atomic E-state index is 11.9. The highest BCUT2D eigenvalue weighted by Crippen LogP contribution is 2.08. The molecular formula is C15H19N3O. The zero-order valence-corrected chi connectivity index (χ0v) is 11.2. The summed E-state index contributed by atoms with van der Waals surface area (Å²) in [6.07, 6.45) is 6.11. The third-order valence-corrected chi connectivity index (χ3v) is 3.00. The van der Waals surface area contributed by atoms with Gasteiger partial charge in [-0.1, -0.05) is 38.3 Å². The van der Waals surface area contributed by atoms with Crippen LogP contribution in [0, 0.1) is 0 Å². The molecule has 1 aromatic heterocycles. The molecule has 0 saturated heterocycles. The molecule has 0 aliphatic heterocycles. The smallest absolute Gasteiger partial charge is 0.271 e. The number of hydrogen-bond donors (Lipinski definition) is 1. The summed E-state index contributed by atoms with van der Waals surface area (Å²) in [4.78, 5) is 20.5. The number of unbranched alkanes of at least 4 members (excludes halogenated alkanes) is 3. The van der Waals surface area contributed by atoms with Gasteiger partial charge in [-0.3, -0.25) is 9.78 Å². The Balaban J connectivity index is 1.93. The van der Waals surface area contributed by atoms with Crippen molar-refractivity contribution in [1.29, 1.82) is 0 Å². The minimum atomic E-state index is -0.144. The first-order valence-electron chi connectivity index (χ1n) is 6.81. The lowest BCUT2D eigenvalue weighted by molar-refractivity contribution is 0.0948. The number of para-hydroxylation sites is 2. The molecular weight excluding hydrogens is 238 g/mol. The SMILES string of the molecule is CCCCCCNC(=O)c1cnc2ccccc2n1. The van der Waals surface area contributed by atoms with Gasteiger partial charge in [0.15, 0.2) is 0 Å². The van der Waals surface area contributed by atoms with E-state index < -0.39 is 0 Å². The lowest BCUT2D eigenvalue weighted by atomic mass is 10.2. The Hall–Kier alpha value is -1.97. The van der Waals surface area contributed by atoms with Gasteiger partial charge in [-0.15, -0.1) is 0 Å². The Morgan fingerprint density at radius 3 is 2.74 bits per heavy atom. The molecule has 1 aromatic carbocycles. The Morgan fingerprint density at radius 1 is 1.16 bits per heavy atom. The van der Waals surface area contributed by atoms with Gasteiger partial charge in [-0.25, -0.2) is 4.98 Å². The van der Waals surface area contributed by atoms with E-state index in [1.165, 1.54) is 19.0 Å². The molecule has 0 bridgehead atoms. The number of nitrogens with one attached hydrogen (secondary N) is 1. The zero-order valence-electron chi connectivity index (χ0n) is 11.2. The monoisotopic (exact) mass is 257 g/mol. The van der Waals surface area contributed by atoms with Crippen LogP contribution in [0.25, 0.3) is 11.0 Å². The summed E-state index contributed by atoms with van der Waals surface area (Å²) >= 11 is 0. The minimum absolute atomic E-state index is 0.144. The van der Waals surface area contributed by atoms with E-state index in [0.29, 0.717) is 12.2 Å². The van der Waals surface area contributed by atoms with E-state index in [1.54, 1.807) is 0 Å². The van der Waals surface area contributed by atoms with Crippen LogP contribution in [-0.4, -0.2) is 22.4 Å². The molecule has 1 heterocycles. The number of carbonyl (C=O) groups is 1. The highest BCUT2D eigenvalue weighted by atomic mass is 16.1. The third-order valence-electron chi connectivity index (χ3n) is 3.00. The van der Waals surface area contributed by atoms with Crippen LogP contribution in [-0.2, 0) is 0 Å². The van der Waals surface area contributed by atoms with Crippen LogP contribution in [0.1, 0.15) is 43.1 Å². The van der Waals surface area contributed by atoms with Crippen LogP contribution in [0.3, 0.4) is 0 Å². The topological polar surface area (TPSA) is 54.9 Å². The van der Waals surface area contributed by atoms with Crippen molar-refractivity contribution in [2.24, 2.45) is 0 Å². The molecule has 4 heteroatoms. The molecule has 4 nitrogen and oxygen atoms in total. The maximum Gasteiger partial charge on any atom is 0.271 e. The normalized spacial score (nSPS) is 10.6. The molecule has 100 valence electrons. The molecule has 2 rings (SSSR count). The summed E-state index contributed by atoms with van der Waals surface area (Å²) in [6, 6.07) is 7.54. The van der Waals surface area contributed by atoms with Gasteiger partial charge in [-0.2, -0.15) is 0 Å². The highest BCUT2D eigenvalue weighted by Gasteiger charge is 2.07. The lowest BCUT2D eigenvalue weighted by Crippen LogP contribution is -2.25. The van der Waals surface area contributed by atoms with Crippen molar-refractivity contribution < 1.29 is 4.79 Å². The van der Waals surface area contributed by atoms with E-state index in [0.717, 1.165) is 23.9 Å². The molecule has 0 aliphatic carbocycles. The first kappa shape index (κ1) is 13.5. The van der Waals surface area contributed by atoms with Crippen molar-refractivity contribution in [3.05, 3.63) is 36.2 Å². The Bertz CT molecular complexity index is 554. The number of hydrogen-bond acceptors (Lipinski definition) is 3.